The van der Waals surface area contributed by atoms with Crippen molar-refractivity contribution in [3.8, 4) is 0 Å². The molecule has 0 saturated carbocycles. The van der Waals surface area contributed by atoms with Gasteiger partial charge in [-0.15, -0.1) is 0 Å². The number of nitrogens with one attached hydrogen (secondary N) is 1. The molecule has 2 heterocycles. The molecule has 4 heteroatoms. The van der Waals surface area contributed by atoms with Gasteiger partial charge in [0.2, 0.25) is 5.91 Å². The highest BCUT2D eigenvalue weighted by Crippen LogP contribution is 2.39. The molecule has 1 N–H and O–H groups in total. The second kappa shape index (κ2) is 4.53. The molecule has 1 atom stereocenters. The number of likely N-dealkylation sites (N-methyl/N-ethyl adjacent to an activating group) is 1. The molecule has 3 rings (SSSR count). The van der Waals surface area contributed by atoms with Crippen molar-refractivity contribution in [2.75, 3.05) is 36.0 Å². The van der Waals surface area contributed by atoms with Gasteiger partial charge in [-0.2, -0.15) is 0 Å². The van der Waals surface area contributed by atoms with E-state index in [4.69, 9.17) is 0 Å². The van der Waals surface area contributed by atoms with Crippen molar-refractivity contribution < 1.29 is 4.79 Å². The third-order valence-corrected chi connectivity index (χ3v) is 4.37. The van der Waals surface area contributed by atoms with Gasteiger partial charge in [-0.3, -0.25) is 4.79 Å². The summed E-state index contributed by atoms with van der Waals surface area (Å²) >= 11 is 0. The molecule has 0 bridgehead atoms. The highest BCUT2D eigenvalue weighted by atomic mass is 16.2. The maximum Gasteiger partial charge on any atom is 0.241 e. The lowest BCUT2D eigenvalue weighted by molar-refractivity contribution is -0.119. The van der Waals surface area contributed by atoms with Crippen LogP contribution in [0.5, 0.6) is 0 Å². The number of amides is 1. The van der Waals surface area contributed by atoms with Crippen LogP contribution in [0.15, 0.2) is 12.1 Å². The number of piperazine rings is 1. The van der Waals surface area contributed by atoms with Gasteiger partial charge in [-0.25, -0.2) is 0 Å². The second-order valence-corrected chi connectivity index (χ2v) is 5.46. The zero-order chi connectivity index (χ0) is 13.6. The van der Waals surface area contributed by atoms with Crippen LogP contribution in [0.2, 0.25) is 0 Å². The van der Waals surface area contributed by atoms with E-state index >= 15 is 0 Å². The summed E-state index contributed by atoms with van der Waals surface area (Å²) in [6.07, 6.45) is 0. The number of carbonyl (C=O) groups is 1. The monoisotopic (exact) mass is 259 g/mol. The normalized spacial score (nSPS) is 22.3. The summed E-state index contributed by atoms with van der Waals surface area (Å²) in [5.74, 6) is 0.196. The van der Waals surface area contributed by atoms with Gasteiger partial charge in [0.05, 0.1) is 24.0 Å². The van der Waals surface area contributed by atoms with Crippen molar-refractivity contribution in [1.29, 1.82) is 0 Å². The van der Waals surface area contributed by atoms with Gasteiger partial charge in [0.15, 0.2) is 0 Å². The van der Waals surface area contributed by atoms with E-state index < -0.39 is 0 Å². The van der Waals surface area contributed by atoms with E-state index in [1.165, 1.54) is 16.8 Å². The molecule has 1 saturated heterocycles. The largest absolute Gasteiger partial charge is 0.368 e. The minimum absolute atomic E-state index is 0.196. The van der Waals surface area contributed by atoms with Crippen LogP contribution in [-0.2, 0) is 4.79 Å². The minimum atomic E-state index is 0.196. The standard InChI is InChI=1S/C15H21N3O/c1-4-17-9-12-7-16-8-14(19)18(12)15-11(3)10(2)5-6-13(15)17/h5-6,12,16H,4,7-9H2,1-3H3. The van der Waals surface area contributed by atoms with Gasteiger partial charge >= 0.3 is 0 Å². The Hall–Kier alpha value is -1.55. The third kappa shape index (κ3) is 1.82. The van der Waals surface area contributed by atoms with Gasteiger partial charge in [0, 0.05) is 19.6 Å². The van der Waals surface area contributed by atoms with Crippen LogP contribution in [0.25, 0.3) is 0 Å². The van der Waals surface area contributed by atoms with Crippen molar-refractivity contribution in [1.82, 2.24) is 5.32 Å². The predicted octanol–water partition coefficient (Wildman–Crippen LogP) is 1.45. The molecule has 1 fully saturated rings. The summed E-state index contributed by atoms with van der Waals surface area (Å²) in [6, 6.07) is 4.57. The van der Waals surface area contributed by atoms with E-state index in [1.54, 1.807) is 0 Å². The number of carbonyl (C=O) groups excluding carboxylic acids is 1. The molecule has 1 aromatic carbocycles. The van der Waals surface area contributed by atoms with Gasteiger partial charge < -0.3 is 15.1 Å². The zero-order valence-electron chi connectivity index (χ0n) is 11.9. The van der Waals surface area contributed by atoms with E-state index in [0.717, 1.165) is 25.3 Å². The Labute approximate surface area is 114 Å². The van der Waals surface area contributed by atoms with Crippen molar-refractivity contribution >= 4 is 17.3 Å². The summed E-state index contributed by atoms with van der Waals surface area (Å²) in [5, 5.41) is 3.23. The molecule has 2 aliphatic rings. The quantitative estimate of drug-likeness (QED) is 0.829. The number of anilines is 2. The molecular formula is C15H21N3O. The molecule has 0 aliphatic carbocycles. The highest BCUT2D eigenvalue weighted by molar-refractivity contribution is 6.01. The van der Waals surface area contributed by atoms with Crippen LogP contribution in [0, 0.1) is 13.8 Å². The second-order valence-electron chi connectivity index (χ2n) is 5.46. The fourth-order valence-corrected chi connectivity index (χ4v) is 3.18. The Balaban J connectivity index is 2.18. The van der Waals surface area contributed by atoms with Gasteiger partial charge in [0.1, 0.15) is 0 Å². The van der Waals surface area contributed by atoms with E-state index in [9.17, 15) is 4.79 Å². The third-order valence-electron chi connectivity index (χ3n) is 4.37. The van der Waals surface area contributed by atoms with Gasteiger partial charge in [0.25, 0.3) is 0 Å². The Morgan fingerprint density at radius 2 is 2.16 bits per heavy atom. The number of aryl methyl sites for hydroxylation is 1. The molecule has 102 valence electrons. The fourth-order valence-electron chi connectivity index (χ4n) is 3.18. The first-order chi connectivity index (χ1) is 9.13. The molecule has 19 heavy (non-hydrogen) atoms. The first-order valence-corrected chi connectivity index (χ1v) is 7.01. The van der Waals surface area contributed by atoms with Crippen molar-refractivity contribution in [3.63, 3.8) is 0 Å². The molecule has 0 radical (unpaired) electrons. The summed E-state index contributed by atoms with van der Waals surface area (Å²) < 4.78 is 0. The summed E-state index contributed by atoms with van der Waals surface area (Å²) in [6.45, 7) is 9.65. The maximum absolute atomic E-state index is 12.3. The first-order valence-electron chi connectivity index (χ1n) is 7.01. The molecule has 4 nitrogen and oxygen atoms in total. The number of nitrogens with zero attached hydrogens (tertiary/aromatic N) is 2. The van der Waals surface area contributed by atoms with E-state index in [1.807, 2.05) is 4.90 Å². The number of hydrogen-bond acceptors (Lipinski definition) is 3. The molecule has 2 aliphatic heterocycles. The van der Waals surface area contributed by atoms with Crippen LogP contribution in [-0.4, -0.2) is 38.1 Å². The lowest BCUT2D eigenvalue weighted by Crippen LogP contribution is -2.61. The van der Waals surface area contributed by atoms with Crippen LogP contribution >= 0.6 is 0 Å². The predicted molar refractivity (Wildman–Crippen MR) is 77.9 cm³/mol. The number of fused-ring (bicyclic) bond motifs is 3. The topological polar surface area (TPSA) is 35.6 Å². The Morgan fingerprint density at radius 3 is 2.89 bits per heavy atom. The molecular weight excluding hydrogens is 238 g/mol. The Kier molecular flexibility index (Phi) is 2.97. The van der Waals surface area contributed by atoms with Crippen LogP contribution in [0.4, 0.5) is 11.4 Å². The van der Waals surface area contributed by atoms with E-state index in [2.05, 4.69) is 43.1 Å². The van der Waals surface area contributed by atoms with Crippen LogP contribution in [0.3, 0.4) is 0 Å². The lowest BCUT2D eigenvalue weighted by atomic mass is 9.98. The van der Waals surface area contributed by atoms with Crippen molar-refractivity contribution in [3.05, 3.63) is 23.3 Å². The minimum Gasteiger partial charge on any atom is -0.368 e. The Bertz CT molecular complexity index is 526. The average Bonchev–Trinajstić information content (AvgIpc) is 2.42. The summed E-state index contributed by atoms with van der Waals surface area (Å²) in [5.41, 5.74) is 4.82. The average molecular weight is 259 g/mol. The lowest BCUT2D eigenvalue weighted by Gasteiger charge is -2.46. The van der Waals surface area contributed by atoms with E-state index in [-0.39, 0.29) is 11.9 Å². The van der Waals surface area contributed by atoms with Crippen molar-refractivity contribution in [2.45, 2.75) is 26.8 Å². The first kappa shape index (κ1) is 12.5. The fraction of sp³-hybridized carbons (Fsp3) is 0.533. The summed E-state index contributed by atoms with van der Waals surface area (Å²) in [4.78, 5) is 16.7. The van der Waals surface area contributed by atoms with E-state index in [0.29, 0.717) is 6.54 Å². The van der Waals surface area contributed by atoms with Gasteiger partial charge in [-0.05, 0) is 38.0 Å². The molecule has 1 aromatic rings. The molecule has 0 aromatic heterocycles. The molecule has 0 spiro atoms. The molecule has 1 amide bonds. The molecule has 1 unspecified atom stereocenters. The zero-order valence-corrected chi connectivity index (χ0v) is 11.9. The van der Waals surface area contributed by atoms with Crippen molar-refractivity contribution in [2.24, 2.45) is 0 Å². The maximum atomic E-state index is 12.3. The van der Waals surface area contributed by atoms with Gasteiger partial charge in [-0.1, -0.05) is 6.07 Å². The number of benzene rings is 1. The SMILES string of the molecule is CCN1CC2CNCC(=O)N2c2c1ccc(C)c2C. The number of rotatable bonds is 1. The smallest absolute Gasteiger partial charge is 0.241 e. The summed E-state index contributed by atoms with van der Waals surface area (Å²) in [7, 11) is 0. The van der Waals surface area contributed by atoms with Crippen LogP contribution < -0.4 is 15.1 Å². The number of hydrogen-bond donors (Lipinski definition) is 1. The Morgan fingerprint density at radius 1 is 1.37 bits per heavy atom. The highest BCUT2D eigenvalue weighted by Gasteiger charge is 2.37. The van der Waals surface area contributed by atoms with Crippen LogP contribution in [0.1, 0.15) is 18.1 Å².